The number of halogens is 1. The van der Waals surface area contributed by atoms with Crippen molar-refractivity contribution in [1.82, 2.24) is 15.0 Å². The number of para-hydroxylation sites is 1. The van der Waals surface area contributed by atoms with Crippen LogP contribution in [0.3, 0.4) is 0 Å². The first-order valence-corrected chi connectivity index (χ1v) is 9.52. The molecule has 2 aromatic carbocycles. The second-order valence-electron chi connectivity index (χ2n) is 6.39. The Kier molecular flexibility index (Phi) is 5.63. The number of anilines is 4. The van der Waals surface area contributed by atoms with Crippen molar-refractivity contribution in [2.24, 2.45) is 5.10 Å². The summed E-state index contributed by atoms with van der Waals surface area (Å²) < 4.78 is 0. The van der Waals surface area contributed by atoms with Crippen molar-refractivity contribution >= 4 is 41.3 Å². The van der Waals surface area contributed by atoms with Crippen molar-refractivity contribution in [2.45, 2.75) is 12.8 Å². The van der Waals surface area contributed by atoms with Crippen LogP contribution >= 0.6 is 11.6 Å². The summed E-state index contributed by atoms with van der Waals surface area (Å²) in [5, 5.41) is 8.16. The highest BCUT2D eigenvalue weighted by Gasteiger charge is 2.17. The smallest absolute Gasteiger partial charge is 0.250 e. The van der Waals surface area contributed by atoms with E-state index in [4.69, 9.17) is 11.6 Å². The second kappa shape index (κ2) is 8.67. The molecule has 8 heteroatoms. The minimum Gasteiger partial charge on any atom is -0.341 e. The standard InChI is InChI=1S/C20H20ClN7/c21-16-10-8-15(9-11-16)14-22-27-19-24-18(23-17-6-2-1-3-7-17)25-20(26-19)28-12-4-5-13-28/h1-3,6-11,14H,4-5,12-13H2,(H2,23,24,25,26,27). The molecule has 1 aromatic heterocycles. The van der Waals surface area contributed by atoms with E-state index in [2.05, 4.69) is 35.7 Å². The molecule has 1 fully saturated rings. The first kappa shape index (κ1) is 18.2. The molecule has 0 saturated carbocycles. The van der Waals surface area contributed by atoms with Gasteiger partial charge in [-0.1, -0.05) is 41.9 Å². The number of nitrogens with zero attached hydrogens (tertiary/aromatic N) is 5. The van der Waals surface area contributed by atoms with Crippen LogP contribution in [-0.2, 0) is 0 Å². The number of hydrogen-bond acceptors (Lipinski definition) is 7. The molecule has 0 amide bonds. The summed E-state index contributed by atoms with van der Waals surface area (Å²) in [6, 6.07) is 17.2. The molecule has 142 valence electrons. The summed E-state index contributed by atoms with van der Waals surface area (Å²) in [5.41, 5.74) is 4.74. The van der Waals surface area contributed by atoms with E-state index in [-0.39, 0.29) is 0 Å². The molecule has 0 spiro atoms. The van der Waals surface area contributed by atoms with Gasteiger partial charge in [-0.2, -0.15) is 20.1 Å². The van der Waals surface area contributed by atoms with Gasteiger partial charge in [0.1, 0.15) is 0 Å². The fraction of sp³-hybridized carbons (Fsp3) is 0.200. The topological polar surface area (TPSA) is 78.3 Å². The molecule has 3 aromatic rings. The quantitative estimate of drug-likeness (QED) is 0.479. The number of benzene rings is 2. The Labute approximate surface area is 168 Å². The summed E-state index contributed by atoms with van der Waals surface area (Å²) in [4.78, 5) is 15.7. The van der Waals surface area contributed by atoms with Gasteiger partial charge in [-0.05, 0) is 42.7 Å². The third-order valence-corrected chi connectivity index (χ3v) is 4.54. The number of aromatic nitrogens is 3. The van der Waals surface area contributed by atoms with Gasteiger partial charge in [0, 0.05) is 23.8 Å². The zero-order chi connectivity index (χ0) is 19.2. The molecule has 2 N–H and O–H groups in total. The fourth-order valence-electron chi connectivity index (χ4n) is 2.89. The Bertz CT molecular complexity index is 939. The summed E-state index contributed by atoms with van der Waals surface area (Å²) in [7, 11) is 0. The summed E-state index contributed by atoms with van der Waals surface area (Å²) in [5.74, 6) is 1.52. The molecule has 4 rings (SSSR count). The molecule has 0 unspecified atom stereocenters. The van der Waals surface area contributed by atoms with Crippen molar-refractivity contribution in [3.8, 4) is 0 Å². The third-order valence-electron chi connectivity index (χ3n) is 4.29. The first-order chi connectivity index (χ1) is 13.8. The van der Waals surface area contributed by atoms with Crippen LogP contribution in [0.25, 0.3) is 0 Å². The molecular formula is C20H20ClN7. The van der Waals surface area contributed by atoms with Gasteiger partial charge in [0.05, 0.1) is 6.21 Å². The minimum atomic E-state index is 0.389. The van der Waals surface area contributed by atoms with Crippen LogP contribution in [0.5, 0.6) is 0 Å². The highest BCUT2D eigenvalue weighted by molar-refractivity contribution is 6.30. The van der Waals surface area contributed by atoms with Gasteiger partial charge in [0.15, 0.2) is 0 Å². The second-order valence-corrected chi connectivity index (χ2v) is 6.83. The number of hydrogen-bond donors (Lipinski definition) is 2. The van der Waals surface area contributed by atoms with E-state index in [0.717, 1.165) is 37.2 Å². The van der Waals surface area contributed by atoms with Gasteiger partial charge >= 0.3 is 0 Å². The van der Waals surface area contributed by atoms with Gasteiger partial charge in [0.2, 0.25) is 17.8 Å². The lowest BCUT2D eigenvalue weighted by molar-refractivity contribution is 0.883. The van der Waals surface area contributed by atoms with Crippen molar-refractivity contribution < 1.29 is 0 Å². The van der Waals surface area contributed by atoms with Crippen LogP contribution in [0.1, 0.15) is 18.4 Å². The lowest BCUT2D eigenvalue weighted by Crippen LogP contribution is -2.21. The Morgan fingerprint density at radius 3 is 2.36 bits per heavy atom. The van der Waals surface area contributed by atoms with E-state index in [9.17, 15) is 0 Å². The molecule has 0 aliphatic carbocycles. The third kappa shape index (κ3) is 4.75. The Balaban J connectivity index is 1.55. The van der Waals surface area contributed by atoms with Gasteiger partial charge in [-0.15, -0.1) is 0 Å². The van der Waals surface area contributed by atoms with E-state index >= 15 is 0 Å². The average molecular weight is 394 g/mol. The van der Waals surface area contributed by atoms with Crippen LogP contribution in [0.2, 0.25) is 5.02 Å². The maximum absolute atomic E-state index is 5.91. The molecule has 1 aliphatic rings. The van der Waals surface area contributed by atoms with Gasteiger partial charge in [-0.25, -0.2) is 5.43 Å². The van der Waals surface area contributed by atoms with Gasteiger partial charge in [-0.3, -0.25) is 0 Å². The largest absolute Gasteiger partial charge is 0.341 e. The zero-order valence-corrected chi connectivity index (χ0v) is 16.0. The maximum atomic E-state index is 5.91. The maximum Gasteiger partial charge on any atom is 0.250 e. The normalized spacial score (nSPS) is 13.8. The van der Waals surface area contributed by atoms with Crippen LogP contribution in [0.15, 0.2) is 59.7 Å². The summed E-state index contributed by atoms with van der Waals surface area (Å²) in [6.07, 6.45) is 3.98. The molecular weight excluding hydrogens is 374 g/mol. The molecule has 0 atom stereocenters. The van der Waals surface area contributed by atoms with Crippen molar-refractivity contribution in [3.05, 3.63) is 65.2 Å². The Morgan fingerprint density at radius 1 is 0.893 bits per heavy atom. The minimum absolute atomic E-state index is 0.389. The zero-order valence-electron chi connectivity index (χ0n) is 15.2. The number of rotatable bonds is 6. The van der Waals surface area contributed by atoms with E-state index in [0.29, 0.717) is 22.9 Å². The summed E-state index contributed by atoms with van der Waals surface area (Å²) in [6.45, 7) is 1.89. The van der Waals surface area contributed by atoms with E-state index in [1.54, 1.807) is 6.21 Å². The lowest BCUT2D eigenvalue weighted by Gasteiger charge is -2.16. The fourth-order valence-corrected chi connectivity index (χ4v) is 3.02. The predicted molar refractivity (Wildman–Crippen MR) is 114 cm³/mol. The van der Waals surface area contributed by atoms with Gasteiger partial charge in [0.25, 0.3) is 0 Å². The molecule has 1 saturated heterocycles. The molecule has 0 radical (unpaired) electrons. The van der Waals surface area contributed by atoms with Crippen LogP contribution in [-0.4, -0.2) is 34.3 Å². The van der Waals surface area contributed by atoms with E-state index in [1.165, 1.54) is 0 Å². The first-order valence-electron chi connectivity index (χ1n) is 9.14. The van der Waals surface area contributed by atoms with Crippen LogP contribution < -0.4 is 15.6 Å². The highest BCUT2D eigenvalue weighted by Crippen LogP contribution is 2.20. The lowest BCUT2D eigenvalue weighted by atomic mass is 10.2. The number of hydrazone groups is 1. The predicted octanol–water partition coefficient (Wildman–Crippen LogP) is 4.31. The average Bonchev–Trinajstić information content (AvgIpc) is 3.25. The molecule has 0 bridgehead atoms. The highest BCUT2D eigenvalue weighted by atomic mass is 35.5. The van der Waals surface area contributed by atoms with Crippen molar-refractivity contribution in [1.29, 1.82) is 0 Å². The van der Waals surface area contributed by atoms with E-state index in [1.807, 2.05) is 54.6 Å². The van der Waals surface area contributed by atoms with Crippen molar-refractivity contribution in [2.75, 3.05) is 28.7 Å². The Hall–Kier alpha value is -3.19. The van der Waals surface area contributed by atoms with E-state index < -0.39 is 0 Å². The van der Waals surface area contributed by atoms with Crippen molar-refractivity contribution in [3.63, 3.8) is 0 Å². The summed E-state index contributed by atoms with van der Waals surface area (Å²) >= 11 is 5.91. The van der Waals surface area contributed by atoms with Crippen LogP contribution in [0, 0.1) is 0 Å². The molecule has 7 nitrogen and oxygen atoms in total. The SMILES string of the molecule is Clc1ccc(C=NNc2nc(Nc3ccccc3)nc(N3CCCC3)n2)cc1. The number of nitrogens with one attached hydrogen (secondary N) is 2. The molecule has 1 aliphatic heterocycles. The Morgan fingerprint density at radius 2 is 1.61 bits per heavy atom. The van der Waals surface area contributed by atoms with Crippen LogP contribution in [0.4, 0.5) is 23.5 Å². The van der Waals surface area contributed by atoms with Gasteiger partial charge < -0.3 is 10.2 Å². The molecule has 2 heterocycles. The molecule has 28 heavy (non-hydrogen) atoms. The monoisotopic (exact) mass is 393 g/mol.